The molecule has 3 nitrogen and oxygen atoms in total. The molecule has 0 radical (unpaired) electrons. The number of unbranched alkanes of at least 4 members (excludes halogenated alkanes) is 1. The smallest absolute Gasteiger partial charge is 0.138 e. The minimum Gasteiger partial charge on any atom is -0.383 e. The molecule has 2 rings (SSSR count). The Balaban J connectivity index is 2.45. The van der Waals surface area contributed by atoms with E-state index < -0.39 is 0 Å². The standard InChI is InChI=1S/C11H14ClN3/c1-2-3-4-9-11(13)15-7-8(12)5-6-10(15)14-9/h5-7H,2-4,13H2,1H3. The van der Waals surface area contributed by atoms with Crippen LogP contribution >= 0.6 is 11.6 Å². The van der Waals surface area contributed by atoms with E-state index in [0.717, 1.165) is 30.6 Å². The first-order valence-electron chi connectivity index (χ1n) is 5.14. The maximum absolute atomic E-state index is 5.99. The first kappa shape index (κ1) is 10.3. The molecule has 4 heteroatoms. The third-order valence-electron chi connectivity index (χ3n) is 2.46. The topological polar surface area (TPSA) is 43.3 Å². The zero-order chi connectivity index (χ0) is 10.8. The molecule has 2 aromatic rings. The second-order valence-electron chi connectivity index (χ2n) is 3.62. The minimum atomic E-state index is 0.675. The van der Waals surface area contributed by atoms with Gasteiger partial charge in [0.05, 0.1) is 10.7 Å². The number of aryl methyl sites for hydroxylation is 1. The summed E-state index contributed by atoms with van der Waals surface area (Å²) < 4.78 is 1.84. The molecule has 0 saturated carbocycles. The lowest BCUT2D eigenvalue weighted by molar-refractivity contribution is 0.783. The Hall–Kier alpha value is -1.22. The number of fused-ring (bicyclic) bond motifs is 1. The summed E-state index contributed by atoms with van der Waals surface area (Å²) in [4.78, 5) is 4.47. The second-order valence-corrected chi connectivity index (χ2v) is 4.06. The summed E-state index contributed by atoms with van der Waals surface area (Å²) in [6, 6.07) is 3.71. The number of hydrogen-bond donors (Lipinski definition) is 1. The van der Waals surface area contributed by atoms with Crippen molar-refractivity contribution in [3.8, 4) is 0 Å². The molecule has 0 aliphatic heterocycles. The minimum absolute atomic E-state index is 0.675. The van der Waals surface area contributed by atoms with E-state index in [1.54, 1.807) is 6.20 Å². The molecule has 0 aromatic carbocycles. The van der Waals surface area contributed by atoms with E-state index in [4.69, 9.17) is 17.3 Å². The van der Waals surface area contributed by atoms with E-state index in [1.807, 2.05) is 16.5 Å². The Bertz CT molecular complexity index is 476. The summed E-state index contributed by atoms with van der Waals surface area (Å²) in [5.74, 6) is 0.709. The molecule has 2 heterocycles. The van der Waals surface area contributed by atoms with Gasteiger partial charge in [-0.25, -0.2) is 4.98 Å². The lowest BCUT2D eigenvalue weighted by Crippen LogP contribution is -1.96. The zero-order valence-corrected chi connectivity index (χ0v) is 9.46. The van der Waals surface area contributed by atoms with Crippen molar-refractivity contribution in [1.29, 1.82) is 0 Å². The first-order valence-corrected chi connectivity index (χ1v) is 5.52. The van der Waals surface area contributed by atoms with Crippen LogP contribution in [-0.4, -0.2) is 9.38 Å². The summed E-state index contributed by atoms with van der Waals surface area (Å²) in [6.45, 7) is 2.16. The molecule has 0 fully saturated rings. The Morgan fingerprint density at radius 3 is 3.00 bits per heavy atom. The molecule has 15 heavy (non-hydrogen) atoms. The van der Waals surface area contributed by atoms with Crippen LogP contribution in [0.25, 0.3) is 5.65 Å². The van der Waals surface area contributed by atoms with Crippen molar-refractivity contribution in [3.63, 3.8) is 0 Å². The van der Waals surface area contributed by atoms with Gasteiger partial charge in [0.15, 0.2) is 0 Å². The van der Waals surface area contributed by atoms with Crippen molar-refractivity contribution in [3.05, 3.63) is 29.0 Å². The van der Waals surface area contributed by atoms with Gasteiger partial charge in [-0.05, 0) is 25.0 Å². The molecule has 80 valence electrons. The number of imidazole rings is 1. The Labute approximate surface area is 93.9 Å². The molecule has 0 aliphatic rings. The van der Waals surface area contributed by atoms with Crippen molar-refractivity contribution in [2.45, 2.75) is 26.2 Å². The fourth-order valence-electron chi connectivity index (χ4n) is 1.61. The monoisotopic (exact) mass is 223 g/mol. The molecular formula is C11H14ClN3. The number of pyridine rings is 1. The van der Waals surface area contributed by atoms with Gasteiger partial charge in [0.2, 0.25) is 0 Å². The predicted octanol–water partition coefficient (Wildman–Crippen LogP) is 2.91. The maximum atomic E-state index is 5.99. The van der Waals surface area contributed by atoms with Gasteiger partial charge >= 0.3 is 0 Å². The van der Waals surface area contributed by atoms with Crippen LogP contribution in [0.5, 0.6) is 0 Å². The van der Waals surface area contributed by atoms with Crippen molar-refractivity contribution in [1.82, 2.24) is 9.38 Å². The summed E-state index contributed by atoms with van der Waals surface area (Å²) in [5.41, 5.74) is 7.83. The van der Waals surface area contributed by atoms with E-state index in [1.165, 1.54) is 0 Å². The molecule has 0 aliphatic carbocycles. The largest absolute Gasteiger partial charge is 0.383 e. The number of halogens is 1. The van der Waals surface area contributed by atoms with Gasteiger partial charge in [0.25, 0.3) is 0 Å². The summed E-state index contributed by atoms with van der Waals surface area (Å²) in [5, 5.41) is 0.675. The number of hydrogen-bond acceptors (Lipinski definition) is 2. The van der Waals surface area contributed by atoms with Crippen LogP contribution < -0.4 is 5.73 Å². The van der Waals surface area contributed by atoms with E-state index >= 15 is 0 Å². The highest BCUT2D eigenvalue weighted by atomic mass is 35.5. The van der Waals surface area contributed by atoms with Crippen LogP contribution in [0, 0.1) is 0 Å². The second kappa shape index (κ2) is 4.11. The molecule has 0 saturated heterocycles. The van der Waals surface area contributed by atoms with Gasteiger partial charge in [0.1, 0.15) is 11.5 Å². The van der Waals surface area contributed by atoms with Gasteiger partial charge in [-0.3, -0.25) is 4.40 Å². The van der Waals surface area contributed by atoms with Crippen LogP contribution in [0.4, 0.5) is 5.82 Å². The fourth-order valence-corrected chi connectivity index (χ4v) is 1.77. The van der Waals surface area contributed by atoms with Crippen LogP contribution in [-0.2, 0) is 6.42 Å². The van der Waals surface area contributed by atoms with Crippen LogP contribution in [0.2, 0.25) is 5.02 Å². The number of nitrogen functional groups attached to an aromatic ring is 1. The third-order valence-corrected chi connectivity index (χ3v) is 2.69. The number of nitrogens with zero attached hydrogens (tertiary/aromatic N) is 2. The van der Waals surface area contributed by atoms with Gasteiger partial charge in [0, 0.05) is 6.20 Å². The van der Waals surface area contributed by atoms with Crippen LogP contribution in [0.3, 0.4) is 0 Å². The highest BCUT2D eigenvalue weighted by Gasteiger charge is 2.08. The fraction of sp³-hybridized carbons (Fsp3) is 0.364. The number of nitrogens with two attached hydrogens (primary N) is 1. The SMILES string of the molecule is CCCCc1nc2ccc(Cl)cn2c1N. The molecule has 0 spiro atoms. The van der Waals surface area contributed by atoms with Crippen molar-refractivity contribution >= 4 is 23.1 Å². The van der Waals surface area contributed by atoms with Gasteiger partial charge < -0.3 is 5.73 Å². The van der Waals surface area contributed by atoms with Crippen molar-refractivity contribution < 1.29 is 0 Å². The normalized spacial score (nSPS) is 11.1. The average molecular weight is 224 g/mol. The predicted molar refractivity (Wildman–Crippen MR) is 63.2 cm³/mol. The van der Waals surface area contributed by atoms with Gasteiger partial charge in [-0.2, -0.15) is 0 Å². The Kier molecular flexibility index (Phi) is 2.82. The van der Waals surface area contributed by atoms with E-state index in [9.17, 15) is 0 Å². The van der Waals surface area contributed by atoms with Crippen molar-refractivity contribution in [2.24, 2.45) is 0 Å². The Morgan fingerprint density at radius 2 is 2.27 bits per heavy atom. The molecule has 2 aromatic heterocycles. The maximum Gasteiger partial charge on any atom is 0.138 e. The lowest BCUT2D eigenvalue weighted by atomic mass is 10.2. The Morgan fingerprint density at radius 1 is 1.47 bits per heavy atom. The van der Waals surface area contributed by atoms with E-state index in [0.29, 0.717) is 10.8 Å². The lowest BCUT2D eigenvalue weighted by Gasteiger charge is -1.98. The number of aromatic nitrogens is 2. The quantitative estimate of drug-likeness (QED) is 0.870. The molecule has 0 unspecified atom stereocenters. The number of anilines is 1. The molecule has 2 N–H and O–H groups in total. The van der Waals surface area contributed by atoms with Gasteiger partial charge in [-0.15, -0.1) is 0 Å². The van der Waals surface area contributed by atoms with Crippen molar-refractivity contribution in [2.75, 3.05) is 5.73 Å². The highest BCUT2D eigenvalue weighted by molar-refractivity contribution is 6.30. The van der Waals surface area contributed by atoms with Gasteiger partial charge in [-0.1, -0.05) is 24.9 Å². The highest BCUT2D eigenvalue weighted by Crippen LogP contribution is 2.19. The molecule has 0 bridgehead atoms. The van der Waals surface area contributed by atoms with E-state index in [-0.39, 0.29) is 0 Å². The average Bonchev–Trinajstić information content (AvgIpc) is 2.53. The van der Waals surface area contributed by atoms with E-state index in [2.05, 4.69) is 11.9 Å². The summed E-state index contributed by atoms with van der Waals surface area (Å²) in [6.07, 6.45) is 4.99. The van der Waals surface area contributed by atoms with Crippen LogP contribution in [0.1, 0.15) is 25.5 Å². The van der Waals surface area contributed by atoms with Crippen LogP contribution in [0.15, 0.2) is 18.3 Å². The molecule has 0 amide bonds. The summed E-state index contributed by atoms with van der Waals surface area (Å²) in [7, 11) is 0. The summed E-state index contributed by atoms with van der Waals surface area (Å²) >= 11 is 5.90. The zero-order valence-electron chi connectivity index (χ0n) is 8.70. The molecular weight excluding hydrogens is 210 g/mol. The first-order chi connectivity index (χ1) is 7.22. The number of rotatable bonds is 3. The molecule has 0 atom stereocenters. The third kappa shape index (κ3) is 1.92.